The molecule has 12 nitrogen and oxygen atoms in total. The molecular formula is C18H18Cl2N2O10S2. The number of benzene rings is 2. The van der Waals surface area contributed by atoms with Gasteiger partial charge in [-0.2, -0.15) is 16.8 Å². The van der Waals surface area contributed by atoms with Crippen molar-refractivity contribution in [1.29, 1.82) is 0 Å². The van der Waals surface area contributed by atoms with Crippen molar-refractivity contribution in [2.75, 3.05) is 11.5 Å². The normalized spacial score (nSPS) is 13.9. The van der Waals surface area contributed by atoms with Gasteiger partial charge < -0.3 is 0 Å². The van der Waals surface area contributed by atoms with Crippen molar-refractivity contribution in [2.24, 2.45) is 0 Å². The van der Waals surface area contributed by atoms with Crippen LogP contribution in [0.1, 0.15) is 35.8 Å². The molecule has 2 aromatic carbocycles. The Hall–Kier alpha value is -2.36. The lowest BCUT2D eigenvalue weighted by atomic mass is 9.88. The van der Waals surface area contributed by atoms with E-state index < -0.39 is 64.8 Å². The molecule has 0 saturated heterocycles. The highest BCUT2D eigenvalue weighted by Crippen LogP contribution is 2.36. The molecule has 34 heavy (non-hydrogen) atoms. The van der Waals surface area contributed by atoms with Crippen molar-refractivity contribution in [3.05, 3.63) is 77.8 Å². The molecule has 0 amide bonds. The third-order valence-electron chi connectivity index (χ3n) is 4.96. The van der Waals surface area contributed by atoms with E-state index in [2.05, 4.69) is 0 Å². The van der Waals surface area contributed by atoms with Crippen molar-refractivity contribution in [2.45, 2.75) is 24.7 Å². The summed E-state index contributed by atoms with van der Waals surface area (Å²) in [5, 5.41) is 22.0. The maximum Gasteiger partial charge on any atom is 0.288 e. The SMILES string of the molecule is O=[N+]([O-])c1cc(C(CC[C@H](CS(=O)(=O)O)c2ccc(Cl)c([N+](=O)[O-])c2)CS(=O)(=O)O)ccc1Cl. The van der Waals surface area contributed by atoms with Crippen molar-refractivity contribution < 1.29 is 35.8 Å². The quantitative estimate of drug-likeness (QED) is 0.229. The summed E-state index contributed by atoms with van der Waals surface area (Å²) in [6.07, 6.45) is -0.260. The molecule has 186 valence electrons. The summed E-state index contributed by atoms with van der Waals surface area (Å²) in [6, 6.07) is 7.12. The van der Waals surface area contributed by atoms with Crippen molar-refractivity contribution >= 4 is 54.8 Å². The maximum absolute atomic E-state index is 11.6. The number of nitro benzene ring substituents is 2. The van der Waals surface area contributed by atoms with Gasteiger partial charge in [-0.05, 0) is 36.1 Å². The number of halogens is 2. The molecule has 2 N–H and O–H groups in total. The number of nitrogens with zero attached hydrogens (tertiary/aromatic N) is 2. The van der Waals surface area contributed by atoms with Gasteiger partial charge in [-0.15, -0.1) is 0 Å². The molecule has 2 aromatic rings. The van der Waals surface area contributed by atoms with E-state index in [1.165, 1.54) is 24.3 Å². The summed E-state index contributed by atoms with van der Waals surface area (Å²) >= 11 is 11.6. The molecule has 0 radical (unpaired) electrons. The van der Waals surface area contributed by atoms with E-state index in [0.717, 1.165) is 12.1 Å². The van der Waals surface area contributed by atoms with Crippen LogP contribution in [0.2, 0.25) is 10.0 Å². The molecule has 0 fully saturated rings. The van der Waals surface area contributed by atoms with Crippen LogP contribution in [-0.2, 0) is 20.2 Å². The fourth-order valence-corrected chi connectivity index (χ4v) is 5.56. The molecule has 0 spiro atoms. The molecule has 2 atom stereocenters. The largest absolute Gasteiger partial charge is 0.288 e. The zero-order valence-corrected chi connectivity index (χ0v) is 20.2. The van der Waals surface area contributed by atoms with Gasteiger partial charge in [0.2, 0.25) is 0 Å². The first kappa shape index (κ1) is 27.9. The van der Waals surface area contributed by atoms with E-state index in [1.54, 1.807) is 0 Å². The topological polar surface area (TPSA) is 195 Å². The Morgan fingerprint density at radius 2 is 1.06 bits per heavy atom. The van der Waals surface area contributed by atoms with E-state index in [9.17, 15) is 46.2 Å². The van der Waals surface area contributed by atoms with Gasteiger partial charge in [0.1, 0.15) is 10.0 Å². The Bertz CT molecular complexity index is 1210. The Kier molecular flexibility index (Phi) is 8.96. The van der Waals surface area contributed by atoms with Crippen LogP contribution >= 0.6 is 23.2 Å². The highest BCUT2D eigenvalue weighted by Gasteiger charge is 2.27. The maximum atomic E-state index is 11.6. The number of nitro groups is 2. The summed E-state index contributed by atoms with van der Waals surface area (Å²) < 4.78 is 65.0. The minimum Gasteiger partial charge on any atom is -0.286 e. The molecule has 0 aliphatic heterocycles. The minimum atomic E-state index is -4.56. The number of hydrogen-bond donors (Lipinski definition) is 2. The molecular weight excluding hydrogens is 539 g/mol. The smallest absolute Gasteiger partial charge is 0.286 e. The van der Waals surface area contributed by atoms with E-state index in [0.29, 0.717) is 0 Å². The zero-order valence-electron chi connectivity index (χ0n) is 17.1. The van der Waals surface area contributed by atoms with Gasteiger partial charge in [0, 0.05) is 24.0 Å². The summed E-state index contributed by atoms with van der Waals surface area (Å²) in [5.74, 6) is -3.75. The van der Waals surface area contributed by atoms with Crippen LogP contribution in [0.3, 0.4) is 0 Å². The average Bonchev–Trinajstić information content (AvgIpc) is 2.68. The van der Waals surface area contributed by atoms with Crippen molar-refractivity contribution in [1.82, 2.24) is 0 Å². The van der Waals surface area contributed by atoms with Gasteiger partial charge in [-0.3, -0.25) is 29.3 Å². The predicted molar refractivity (Wildman–Crippen MR) is 124 cm³/mol. The molecule has 0 aromatic heterocycles. The van der Waals surface area contributed by atoms with E-state index in [-0.39, 0.29) is 34.0 Å². The average molecular weight is 557 g/mol. The number of hydrogen-bond acceptors (Lipinski definition) is 8. The van der Waals surface area contributed by atoms with Crippen LogP contribution in [0.15, 0.2) is 36.4 Å². The van der Waals surface area contributed by atoms with Gasteiger partial charge in [-0.1, -0.05) is 35.3 Å². The first-order valence-electron chi connectivity index (χ1n) is 9.35. The highest BCUT2D eigenvalue weighted by atomic mass is 35.5. The fraction of sp³-hybridized carbons (Fsp3) is 0.333. The van der Waals surface area contributed by atoms with Gasteiger partial charge in [0.25, 0.3) is 31.6 Å². The lowest BCUT2D eigenvalue weighted by Crippen LogP contribution is -2.18. The second-order valence-electron chi connectivity index (χ2n) is 7.40. The molecule has 0 saturated carbocycles. The zero-order chi connectivity index (χ0) is 25.8. The van der Waals surface area contributed by atoms with Crippen LogP contribution in [0.4, 0.5) is 11.4 Å². The van der Waals surface area contributed by atoms with Crippen molar-refractivity contribution in [3.63, 3.8) is 0 Å². The lowest BCUT2D eigenvalue weighted by molar-refractivity contribution is -0.384. The van der Waals surface area contributed by atoms with E-state index in [4.69, 9.17) is 23.2 Å². The molecule has 0 heterocycles. The van der Waals surface area contributed by atoms with Crippen LogP contribution < -0.4 is 0 Å². The Labute approximate surface area is 204 Å². The highest BCUT2D eigenvalue weighted by molar-refractivity contribution is 7.86. The van der Waals surface area contributed by atoms with Crippen LogP contribution in [0.25, 0.3) is 0 Å². The second kappa shape index (κ2) is 10.9. The third-order valence-corrected chi connectivity index (χ3v) is 7.25. The Balaban J connectivity index is 2.46. The first-order valence-corrected chi connectivity index (χ1v) is 13.3. The van der Waals surface area contributed by atoms with Crippen LogP contribution in [0, 0.1) is 20.2 Å². The first-order chi connectivity index (χ1) is 15.6. The Morgan fingerprint density at radius 3 is 1.32 bits per heavy atom. The summed E-state index contributed by atoms with van der Waals surface area (Å²) in [6.45, 7) is 0. The molecule has 1 unspecified atom stereocenters. The molecule has 0 aliphatic rings. The van der Waals surface area contributed by atoms with E-state index in [1.807, 2.05) is 0 Å². The molecule has 0 aliphatic carbocycles. The van der Waals surface area contributed by atoms with Gasteiger partial charge in [0.05, 0.1) is 21.4 Å². The summed E-state index contributed by atoms with van der Waals surface area (Å²) in [7, 11) is -9.13. The third kappa shape index (κ3) is 8.14. The fourth-order valence-electron chi connectivity index (χ4n) is 3.45. The second-order valence-corrected chi connectivity index (χ2v) is 11.2. The number of rotatable bonds is 11. The lowest BCUT2D eigenvalue weighted by Gasteiger charge is -2.21. The van der Waals surface area contributed by atoms with Crippen LogP contribution in [0.5, 0.6) is 0 Å². The van der Waals surface area contributed by atoms with Crippen molar-refractivity contribution in [3.8, 4) is 0 Å². The predicted octanol–water partition coefficient (Wildman–Crippen LogP) is 4.23. The monoisotopic (exact) mass is 556 g/mol. The molecule has 2 rings (SSSR count). The van der Waals surface area contributed by atoms with Crippen LogP contribution in [-0.4, -0.2) is 47.3 Å². The Morgan fingerprint density at radius 1 is 0.735 bits per heavy atom. The molecule has 0 bridgehead atoms. The van der Waals surface area contributed by atoms with E-state index >= 15 is 0 Å². The molecule has 16 heteroatoms. The van der Waals surface area contributed by atoms with Gasteiger partial charge >= 0.3 is 0 Å². The van der Waals surface area contributed by atoms with Gasteiger partial charge in [0.15, 0.2) is 0 Å². The summed E-state index contributed by atoms with van der Waals surface area (Å²) in [4.78, 5) is 20.8. The summed E-state index contributed by atoms with van der Waals surface area (Å²) in [5.41, 5.74) is -0.715. The van der Waals surface area contributed by atoms with Gasteiger partial charge in [-0.25, -0.2) is 0 Å². The minimum absolute atomic E-state index is 0.130. The standard InChI is InChI=1S/C18H18Cl2N2O10S2/c19-15-5-3-11(7-17(15)21(23)24)13(9-33(27,28)29)1-2-14(10-34(30,31)32)12-4-6-16(20)18(8-12)22(25)26/h3-8,13-14H,1-2,9-10H2,(H,27,28,29)(H,30,31,32)/t13-,14?/m1/s1.